The summed E-state index contributed by atoms with van der Waals surface area (Å²) in [6, 6.07) is 1.43. The molecule has 8 heteroatoms. The van der Waals surface area contributed by atoms with Crippen molar-refractivity contribution in [3.8, 4) is 10.7 Å². The average Bonchev–Trinajstić information content (AvgIpc) is 2.82. The molecule has 17 heavy (non-hydrogen) atoms. The van der Waals surface area contributed by atoms with Crippen LogP contribution in [0.4, 0.5) is 8.78 Å². The molecule has 2 aromatic heterocycles. The van der Waals surface area contributed by atoms with E-state index in [1.54, 1.807) is 7.05 Å². The Hall–Kier alpha value is -1.83. The van der Waals surface area contributed by atoms with Gasteiger partial charge in [-0.2, -0.15) is 5.10 Å². The summed E-state index contributed by atoms with van der Waals surface area (Å²) in [7, 11) is 1.55. The van der Waals surface area contributed by atoms with Crippen molar-refractivity contribution in [1.29, 1.82) is 0 Å². The molecule has 0 unspecified atom stereocenters. The average molecular weight is 258 g/mol. The number of amides is 1. The number of carbonyl (C=O) groups is 1. The van der Waals surface area contributed by atoms with Gasteiger partial charge >= 0.3 is 0 Å². The van der Waals surface area contributed by atoms with E-state index >= 15 is 0 Å². The highest BCUT2D eigenvalue weighted by atomic mass is 32.1. The number of alkyl halides is 2. The van der Waals surface area contributed by atoms with Crippen LogP contribution < -0.4 is 5.73 Å². The van der Waals surface area contributed by atoms with Crippen molar-refractivity contribution in [3.05, 3.63) is 22.8 Å². The summed E-state index contributed by atoms with van der Waals surface area (Å²) < 4.78 is 26.0. The smallest absolute Gasteiger partial charge is 0.281 e. The van der Waals surface area contributed by atoms with E-state index in [1.165, 1.54) is 16.1 Å². The molecule has 0 atom stereocenters. The van der Waals surface area contributed by atoms with E-state index in [0.29, 0.717) is 10.7 Å². The fourth-order valence-corrected chi connectivity index (χ4v) is 2.07. The summed E-state index contributed by atoms with van der Waals surface area (Å²) in [4.78, 5) is 14.7. The molecule has 0 aliphatic carbocycles. The predicted molar refractivity (Wildman–Crippen MR) is 57.8 cm³/mol. The van der Waals surface area contributed by atoms with E-state index in [4.69, 9.17) is 5.73 Å². The van der Waals surface area contributed by atoms with Crippen LogP contribution in [0, 0.1) is 0 Å². The Balaban J connectivity index is 2.39. The van der Waals surface area contributed by atoms with Crippen molar-refractivity contribution in [2.75, 3.05) is 0 Å². The van der Waals surface area contributed by atoms with Gasteiger partial charge in [0.2, 0.25) is 0 Å². The molecule has 0 aliphatic rings. The number of hydrogen-bond donors (Lipinski definition) is 1. The number of aryl methyl sites for hydroxylation is 1. The third kappa shape index (κ3) is 2.16. The van der Waals surface area contributed by atoms with Crippen LogP contribution in [0.15, 0.2) is 11.4 Å². The molecule has 90 valence electrons. The van der Waals surface area contributed by atoms with Crippen LogP contribution in [0.5, 0.6) is 0 Å². The van der Waals surface area contributed by atoms with E-state index in [-0.39, 0.29) is 11.4 Å². The number of nitrogens with zero attached hydrogens (tertiary/aromatic N) is 3. The lowest BCUT2D eigenvalue weighted by Gasteiger charge is -1.92. The molecule has 0 bridgehead atoms. The van der Waals surface area contributed by atoms with Crippen LogP contribution >= 0.6 is 11.3 Å². The SMILES string of the molecule is Cn1nc(-c2nc(C(F)F)cs2)cc1C(N)=O. The standard InChI is InChI=1S/C9H8F2N4OS/c1-15-6(8(12)16)2-4(14-15)9-13-5(3-17-9)7(10)11/h2-3,7H,1H3,(H2,12,16). The molecular weight excluding hydrogens is 250 g/mol. The van der Waals surface area contributed by atoms with E-state index in [2.05, 4.69) is 10.1 Å². The molecule has 5 nitrogen and oxygen atoms in total. The first-order chi connectivity index (χ1) is 7.99. The third-order valence-corrected chi connectivity index (χ3v) is 2.98. The largest absolute Gasteiger partial charge is 0.364 e. The fraction of sp³-hybridized carbons (Fsp3) is 0.222. The lowest BCUT2D eigenvalue weighted by atomic mass is 10.3. The van der Waals surface area contributed by atoms with E-state index in [9.17, 15) is 13.6 Å². The number of nitrogens with two attached hydrogens (primary N) is 1. The van der Waals surface area contributed by atoms with Gasteiger partial charge in [0.25, 0.3) is 12.3 Å². The van der Waals surface area contributed by atoms with Crippen molar-refractivity contribution in [2.24, 2.45) is 12.8 Å². The molecular formula is C9H8F2N4OS. The zero-order chi connectivity index (χ0) is 12.6. The topological polar surface area (TPSA) is 73.8 Å². The van der Waals surface area contributed by atoms with Gasteiger partial charge in [-0.1, -0.05) is 0 Å². The number of hydrogen-bond acceptors (Lipinski definition) is 4. The van der Waals surface area contributed by atoms with Gasteiger partial charge in [-0.15, -0.1) is 11.3 Å². The Bertz CT molecular complexity index is 563. The first-order valence-corrected chi connectivity index (χ1v) is 5.45. The van der Waals surface area contributed by atoms with Gasteiger partial charge in [0, 0.05) is 12.4 Å². The minimum atomic E-state index is -2.61. The van der Waals surface area contributed by atoms with E-state index in [1.807, 2.05) is 0 Å². The summed E-state index contributed by atoms with van der Waals surface area (Å²) in [6.45, 7) is 0. The molecule has 1 amide bonds. The van der Waals surface area contributed by atoms with Crippen molar-refractivity contribution < 1.29 is 13.6 Å². The van der Waals surface area contributed by atoms with E-state index < -0.39 is 12.3 Å². The van der Waals surface area contributed by atoms with Gasteiger partial charge in [0.15, 0.2) is 0 Å². The number of primary amides is 1. The first kappa shape index (κ1) is 11.6. The van der Waals surface area contributed by atoms with Crippen molar-refractivity contribution in [1.82, 2.24) is 14.8 Å². The number of aromatic nitrogens is 3. The molecule has 2 rings (SSSR count). The van der Waals surface area contributed by atoms with Gasteiger partial charge in [-0.3, -0.25) is 9.48 Å². The van der Waals surface area contributed by atoms with Crippen LogP contribution in [-0.4, -0.2) is 20.7 Å². The fourth-order valence-electron chi connectivity index (χ4n) is 1.31. The zero-order valence-electron chi connectivity index (χ0n) is 8.72. The maximum absolute atomic E-state index is 12.4. The second-order valence-corrected chi connectivity index (χ2v) is 4.14. The lowest BCUT2D eigenvalue weighted by Crippen LogP contribution is -2.15. The zero-order valence-corrected chi connectivity index (χ0v) is 9.54. The number of thiazole rings is 1. The van der Waals surface area contributed by atoms with Crippen LogP contribution in [0.25, 0.3) is 10.7 Å². The van der Waals surface area contributed by atoms with Crippen molar-refractivity contribution in [3.63, 3.8) is 0 Å². The maximum Gasteiger partial charge on any atom is 0.281 e. The molecule has 2 heterocycles. The van der Waals surface area contributed by atoms with Gasteiger partial charge in [-0.25, -0.2) is 13.8 Å². The summed E-state index contributed by atoms with van der Waals surface area (Å²) in [5, 5.41) is 5.59. The maximum atomic E-state index is 12.4. The number of halogens is 2. The number of rotatable bonds is 3. The molecule has 0 aliphatic heterocycles. The Morgan fingerprint density at radius 1 is 1.59 bits per heavy atom. The van der Waals surface area contributed by atoms with Gasteiger partial charge in [-0.05, 0) is 6.07 Å². The van der Waals surface area contributed by atoms with E-state index in [0.717, 1.165) is 11.3 Å². The molecule has 0 aromatic carbocycles. The summed E-state index contributed by atoms with van der Waals surface area (Å²) >= 11 is 1.05. The minimum absolute atomic E-state index is 0.203. The van der Waals surface area contributed by atoms with Crippen LogP contribution in [0.3, 0.4) is 0 Å². The quantitative estimate of drug-likeness (QED) is 0.908. The Morgan fingerprint density at radius 3 is 2.76 bits per heavy atom. The van der Waals surface area contributed by atoms with Crippen LogP contribution in [0.2, 0.25) is 0 Å². The molecule has 0 spiro atoms. The Labute approximate surface area is 98.9 Å². The highest BCUT2D eigenvalue weighted by Gasteiger charge is 2.17. The van der Waals surface area contributed by atoms with Gasteiger partial charge in [0.1, 0.15) is 22.1 Å². The first-order valence-electron chi connectivity index (χ1n) is 4.57. The minimum Gasteiger partial charge on any atom is -0.364 e. The summed E-state index contributed by atoms with van der Waals surface area (Å²) in [5.41, 5.74) is 5.39. The van der Waals surface area contributed by atoms with Crippen molar-refractivity contribution >= 4 is 17.2 Å². The molecule has 0 saturated heterocycles. The Morgan fingerprint density at radius 2 is 2.29 bits per heavy atom. The molecule has 2 aromatic rings. The Kier molecular flexibility index (Phi) is 2.88. The molecule has 2 N–H and O–H groups in total. The normalized spacial score (nSPS) is 11.1. The summed E-state index contributed by atoms with van der Waals surface area (Å²) in [5.74, 6) is -0.628. The van der Waals surface area contributed by atoms with Gasteiger partial charge in [0.05, 0.1) is 0 Å². The highest BCUT2D eigenvalue weighted by Crippen LogP contribution is 2.27. The second-order valence-electron chi connectivity index (χ2n) is 3.28. The molecule has 0 fully saturated rings. The predicted octanol–water partition coefficient (Wildman–Crippen LogP) is 1.58. The van der Waals surface area contributed by atoms with Crippen LogP contribution in [0.1, 0.15) is 22.6 Å². The van der Waals surface area contributed by atoms with Gasteiger partial charge < -0.3 is 5.73 Å². The lowest BCUT2D eigenvalue weighted by molar-refractivity contribution is 0.0991. The monoisotopic (exact) mass is 258 g/mol. The number of carbonyl (C=O) groups excluding carboxylic acids is 1. The highest BCUT2D eigenvalue weighted by molar-refractivity contribution is 7.13. The third-order valence-electron chi connectivity index (χ3n) is 2.10. The molecule has 0 radical (unpaired) electrons. The molecule has 0 saturated carbocycles. The second kappa shape index (κ2) is 4.21. The van der Waals surface area contributed by atoms with Crippen LogP contribution in [-0.2, 0) is 7.05 Å². The van der Waals surface area contributed by atoms with Crippen molar-refractivity contribution in [2.45, 2.75) is 6.43 Å². The summed E-state index contributed by atoms with van der Waals surface area (Å²) in [6.07, 6.45) is -2.61.